The van der Waals surface area contributed by atoms with E-state index in [1.807, 2.05) is 0 Å². The first-order chi connectivity index (χ1) is 16.8. The summed E-state index contributed by atoms with van der Waals surface area (Å²) < 4.78 is 16.1. The van der Waals surface area contributed by atoms with Gasteiger partial charge in [0.15, 0.2) is 0 Å². The van der Waals surface area contributed by atoms with Crippen molar-refractivity contribution in [3.63, 3.8) is 0 Å². The highest BCUT2D eigenvalue weighted by atomic mass is 35.5. The van der Waals surface area contributed by atoms with Crippen LogP contribution in [0.15, 0.2) is 59.8 Å². The minimum atomic E-state index is -1.15. The van der Waals surface area contributed by atoms with Crippen molar-refractivity contribution in [2.45, 2.75) is 31.5 Å². The van der Waals surface area contributed by atoms with E-state index in [0.717, 1.165) is 0 Å². The summed E-state index contributed by atoms with van der Waals surface area (Å²) in [5, 5.41) is 4.73. The second-order valence-electron chi connectivity index (χ2n) is 8.20. The van der Waals surface area contributed by atoms with Gasteiger partial charge in [-0.2, -0.15) is 5.12 Å². The fourth-order valence-electron chi connectivity index (χ4n) is 4.35. The lowest BCUT2D eigenvalue weighted by atomic mass is 10.1. The molecule has 2 N–H and O–H groups in total. The molecule has 0 spiro atoms. The number of hydrogen-bond donors (Lipinski definition) is 1. The van der Waals surface area contributed by atoms with Gasteiger partial charge in [-0.15, -0.1) is 0 Å². The molecule has 3 amide bonds. The third-order valence-electron chi connectivity index (χ3n) is 5.92. The first-order valence-corrected chi connectivity index (χ1v) is 11.1. The van der Waals surface area contributed by atoms with Crippen LogP contribution in [0.5, 0.6) is 0 Å². The van der Waals surface area contributed by atoms with Crippen LogP contribution in [0, 0.1) is 0 Å². The zero-order chi connectivity index (χ0) is 25.1. The van der Waals surface area contributed by atoms with Crippen LogP contribution in [0.1, 0.15) is 17.5 Å². The first kappa shape index (κ1) is 24.1. The van der Waals surface area contributed by atoms with Crippen LogP contribution < -0.4 is 5.73 Å². The van der Waals surface area contributed by atoms with Crippen molar-refractivity contribution in [3.8, 4) is 0 Å². The molecule has 0 aliphatic carbocycles. The first-order valence-electron chi connectivity index (χ1n) is 10.7. The zero-order valence-corrected chi connectivity index (χ0v) is 19.2. The number of likely N-dealkylation sites (tertiary alicyclic amines) is 1. The molecule has 1 aromatic heterocycles. The highest BCUT2D eigenvalue weighted by Crippen LogP contribution is 2.27. The second kappa shape index (κ2) is 10.0. The Labute approximate surface area is 204 Å². The molecule has 180 valence electrons. The van der Waals surface area contributed by atoms with Gasteiger partial charge in [0, 0.05) is 28.1 Å². The number of azide groups is 1. The number of hydrogen-bond acceptors (Lipinski definition) is 4. The molecule has 0 saturated carbocycles. The van der Waals surface area contributed by atoms with E-state index in [-0.39, 0.29) is 31.1 Å². The number of primary amides is 1. The molecule has 35 heavy (non-hydrogen) atoms. The van der Waals surface area contributed by atoms with Crippen molar-refractivity contribution >= 4 is 40.3 Å². The molecule has 3 aromatic rings. The summed E-state index contributed by atoms with van der Waals surface area (Å²) in [5.74, 6) is -1.39. The number of carbonyl (C=O) groups excluding carboxylic acids is 3. The number of carbonyl (C=O) groups is 3. The summed E-state index contributed by atoms with van der Waals surface area (Å²) in [6, 6.07) is 10.9. The van der Waals surface area contributed by atoms with Gasteiger partial charge in [0.25, 0.3) is 5.91 Å². The summed E-state index contributed by atoms with van der Waals surface area (Å²) in [6.45, 7) is -0.380. The van der Waals surface area contributed by atoms with Crippen molar-refractivity contribution in [1.82, 2.24) is 14.6 Å². The van der Waals surface area contributed by atoms with Gasteiger partial charge in [-0.05, 0) is 41.3 Å². The molecule has 2 heterocycles. The zero-order valence-electron chi connectivity index (χ0n) is 18.4. The van der Waals surface area contributed by atoms with E-state index < -0.39 is 29.9 Å². The van der Waals surface area contributed by atoms with Crippen LogP contribution in [0.3, 0.4) is 0 Å². The quantitative estimate of drug-likeness (QED) is 0.239. The third-order valence-corrected chi connectivity index (χ3v) is 6.16. The lowest BCUT2D eigenvalue weighted by Gasteiger charge is -2.25. The molecule has 1 saturated heterocycles. The van der Waals surface area contributed by atoms with Gasteiger partial charge >= 0.3 is 6.03 Å². The van der Waals surface area contributed by atoms with Crippen LogP contribution in [0.25, 0.3) is 21.3 Å². The number of rotatable bonds is 6. The molecule has 12 heteroatoms. The largest absolute Gasteiger partial charge is 0.351 e. The Kier molecular flexibility index (Phi) is 6.90. The molecule has 0 unspecified atom stereocenters. The number of halogens is 2. The average molecular weight is 498 g/mol. The maximum Gasteiger partial charge on any atom is 0.323 e. The van der Waals surface area contributed by atoms with Gasteiger partial charge < -0.3 is 10.6 Å². The Morgan fingerprint density at radius 2 is 2.00 bits per heavy atom. The van der Waals surface area contributed by atoms with Gasteiger partial charge in [-0.1, -0.05) is 51.5 Å². The summed E-state index contributed by atoms with van der Waals surface area (Å²) in [7, 11) is 0. The van der Waals surface area contributed by atoms with Gasteiger partial charge in [0.05, 0.1) is 24.5 Å². The number of aromatic nitrogens is 1. The number of benzene rings is 2. The Morgan fingerprint density at radius 1 is 1.23 bits per heavy atom. The van der Waals surface area contributed by atoms with E-state index in [0.29, 0.717) is 27.1 Å². The van der Waals surface area contributed by atoms with E-state index in [9.17, 15) is 18.9 Å². The van der Waals surface area contributed by atoms with Crippen LogP contribution in [0.4, 0.5) is 9.28 Å². The summed E-state index contributed by atoms with van der Waals surface area (Å²) >= 11 is 5.94. The molecular weight excluding hydrogens is 477 g/mol. The summed E-state index contributed by atoms with van der Waals surface area (Å²) in [6.07, 6.45) is 1.31. The van der Waals surface area contributed by atoms with Gasteiger partial charge in [0.2, 0.25) is 5.91 Å². The molecule has 0 bridgehead atoms. The Hall–Kier alpha value is -4.08. The predicted octanol–water partition coefficient (Wildman–Crippen LogP) is 3.96. The van der Waals surface area contributed by atoms with E-state index in [1.165, 1.54) is 21.7 Å². The minimum absolute atomic E-state index is 0.00630. The molecule has 1 aliphatic rings. The van der Waals surface area contributed by atoms with E-state index >= 15 is 0 Å². The highest BCUT2D eigenvalue weighted by molar-refractivity contribution is 6.30. The topological polar surface area (TPSA) is 137 Å². The summed E-state index contributed by atoms with van der Waals surface area (Å²) in [5.41, 5.74) is 15.8. The number of nitrogens with zero attached hydrogens (tertiary/aromatic N) is 6. The average Bonchev–Trinajstić information content (AvgIpc) is 3.41. The molecule has 2 aromatic carbocycles. The second-order valence-corrected chi connectivity index (χ2v) is 8.64. The van der Waals surface area contributed by atoms with Gasteiger partial charge in [0.1, 0.15) is 6.04 Å². The monoisotopic (exact) mass is 497 g/mol. The molecule has 2 atom stereocenters. The maximum absolute atomic E-state index is 14.9. The Bertz CT molecular complexity index is 1350. The SMILES string of the molecule is [N-]=[N+]=N[C@H]1C[C@@H](C(=O)N(F)Cc2cccc(Cl)c2)N(C(=O)Cc2cn(C(N)=O)c3ccccc23)C1. The molecular formula is C23H21ClFN7O3. The smallest absolute Gasteiger partial charge is 0.323 e. The van der Waals surface area contributed by atoms with Crippen molar-refractivity contribution in [3.05, 3.63) is 81.3 Å². The summed E-state index contributed by atoms with van der Waals surface area (Å²) in [4.78, 5) is 42.1. The van der Waals surface area contributed by atoms with Gasteiger partial charge in [-0.3, -0.25) is 14.2 Å². The molecule has 0 radical (unpaired) electrons. The van der Waals surface area contributed by atoms with E-state index in [4.69, 9.17) is 22.9 Å². The third kappa shape index (κ3) is 5.06. The number of nitrogens with two attached hydrogens (primary N) is 1. The Balaban J connectivity index is 1.57. The number of para-hydroxylation sites is 1. The van der Waals surface area contributed by atoms with Crippen molar-refractivity contribution < 1.29 is 18.9 Å². The van der Waals surface area contributed by atoms with Crippen LogP contribution >= 0.6 is 11.6 Å². The maximum atomic E-state index is 14.9. The Morgan fingerprint density at radius 3 is 2.71 bits per heavy atom. The fourth-order valence-corrected chi connectivity index (χ4v) is 4.57. The normalized spacial score (nSPS) is 17.3. The van der Waals surface area contributed by atoms with Gasteiger partial charge in [-0.25, -0.2) is 4.79 Å². The molecule has 4 rings (SSSR count). The van der Waals surface area contributed by atoms with Crippen LogP contribution in [-0.2, 0) is 22.6 Å². The predicted molar refractivity (Wildman–Crippen MR) is 127 cm³/mol. The minimum Gasteiger partial charge on any atom is -0.351 e. The number of fused-ring (bicyclic) bond motifs is 1. The standard InChI is InChI=1S/C23H21ClFN7O3/c24-16-5-3-4-14(8-16)11-32(25)22(34)20-10-17(28-29-27)13-30(20)21(33)9-15-12-31(23(26)35)19-7-2-1-6-18(15)19/h1-8,12,17,20H,9-11,13H2,(H2,26,35)/t17-,20-/m0/s1. The van der Waals surface area contributed by atoms with E-state index in [1.54, 1.807) is 42.5 Å². The van der Waals surface area contributed by atoms with E-state index in [2.05, 4.69) is 10.0 Å². The van der Waals surface area contributed by atoms with Crippen molar-refractivity contribution in [1.29, 1.82) is 0 Å². The highest BCUT2D eigenvalue weighted by Gasteiger charge is 2.41. The molecule has 1 aliphatic heterocycles. The fraction of sp³-hybridized carbons (Fsp3) is 0.261. The lowest BCUT2D eigenvalue weighted by Crippen LogP contribution is -2.45. The van der Waals surface area contributed by atoms with Crippen molar-refractivity contribution in [2.24, 2.45) is 10.8 Å². The molecule has 1 fully saturated rings. The lowest BCUT2D eigenvalue weighted by molar-refractivity contribution is -0.156. The molecule has 10 nitrogen and oxygen atoms in total. The van der Waals surface area contributed by atoms with Crippen LogP contribution in [-0.4, -0.2) is 51.1 Å². The van der Waals surface area contributed by atoms with Crippen LogP contribution in [0.2, 0.25) is 5.02 Å². The number of amides is 3. The van der Waals surface area contributed by atoms with Crippen molar-refractivity contribution in [2.75, 3.05) is 6.54 Å².